The van der Waals surface area contributed by atoms with Gasteiger partial charge in [-0.3, -0.25) is 9.59 Å². The molecule has 80 valence electrons. The Kier molecular flexibility index (Phi) is 4.23. The molecule has 0 aliphatic heterocycles. The molecule has 0 fully saturated rings. The minimum atomic E-state index is -0.439. The van der Waals surface area contributed by atoms with Gasteiger partial charge in [0.1, 0.15) is 4.60 Å². The normalized spacial score (nSPS) is 9.67. The van der Waals surface area contributed by atoms with E-state index in [-0.39, 0.29) is 18.9 Å². The molecule has 0 saturated carbocycles. The van der Waals surface area contributed by atoms with Gasteiger partial charge in [-0.1, -0.05) is 0 Å². The highest BCUT2D eigenvalue weighted by Gasteiger charge is 2.05. The van der Waals surface area contributed by atoms with Gasteiger partial charge in [0.25, 0.3) is 5.91 Å². The van der Waals surface area contributed by atoms with Crippen molar-refractivity contribution in [2.45, 2.75) is 6.42 Å². The molecule has 0 unspecified atom stereocenters. The number of primary amides is 1. The molecule has 1 aromatic rings. The first-order chi connectivity index (χ1) is 7.09. The lowest BCUT2D eigenvalue weighted by atomic mass is 10.2. The summed E-state index contributed by atoms with van der Waals surface area (Å²) in [6.45, 7) is 0.244. The Bertz CT molecular complexity index is 381. The first-order valence-corrected chi connectivity index (χ1v) is 5.07. The predicted octanol–water partition coefficient (Wildman–Crippen LogP) is 0.449. The van der Waals surface area contributed by atoms with Crippen LogP contribution in [0.4, 0.5) is 0 Å². The number of carbonyl (C=O) groups is 2. The minimum absolute atomic E-state index is 0.137. The van der Waals surface area contributed by atoms with Crippen LogP contribution >= 0.6 is 15.9 Å². The molecule has 2 amide bonds. The largest absolute Gasteiger partial charge is 0.370 e. The Morgan fingerprint density at radius 3 is 2.87 bits per heavy atom. The van der Waals surface area contributed by atoms with Crippen molar-refractivity contribution < 1.29 is 9.59 Å². The summed E-state index contributed by atoms with van der Waals surface area (Å²) in [5, 5.41) is 2.57. The first kappa shape index (κ1) is 11.6. The quantitative estimate of drug-likeness (QED) is 0.780. The fraction of sp³-hybridized carbons (Fsp3) is 0.222. The summed E-state index contributed by atoms with van der Waals surface area (Å²) in [4.78, 5) is 25.8. The van der Waals surface area contributed by atoms with Crippen LogP contribution in [-0.2, 0) is 4.79 Å². The maximum Gasteiger partial charge on any atom is 0.251 e. The molecule has 1 aromatic heterocycles. The van der Waals surface area contributed by atoms with Crippen LogP contribution in [0.15, 0.2) is 22.9 Å². The van der Waals surface area contributed by atoms with Crippen molar-refractivity contribution >= 4 is 27.7 Å². The third-order valence-electron chi connectivity index (χ3n) is 1.65. The fourth-order valence-electron chi connectivity index (χ4n) is 0.945. The smallest absolute Gasteiger partial charge is 0.251 e. The Morgan fingerprint density at radius 2 is 2.27 bits per heavy atom. The Morgan fingerprint density at radius 1 is 1.53 bits per heavy atom. The topological polar surface area (TPSA) is 85.1 Å². The molecule has 0 aromatic carbocycles. The molecule has 0 saturated heterocycles. The number of nitrogens with zero attached hydrogens (tertiary/aromatic N) is 1. The lowest BCUT2D eigenvalue weighted by Gasteiger charge is -2.03. The highest BCUT2D eigenvalue weighted by molar-refractivity contribution is 9.10. The van der Waals surface area contributed by atoms with Gasteiger partial charge in [-0.25, -0.2) is 4.98 Å². The second-order valence-corrected chi connectivity index (χ2v) is 3.65. The van der Waals surface area contributed by atoms with E-state index >= 15 is 0 Å². The van der Waals surface area contributed by atoms with Crippen molar-refractivity contribution in [3.05, 3.63) is 28.5 Å². The van der Waals surface area contributed by atoms with E-state index in [4.69, 9.17) is 5.73 Å². The van der Waals surface area contributed by atoms with E-state index in [0.717, 1.165) is 0 Å². The summed E-state index contributed by atoms with van der Waals surface area (Å²) >= 11 is 3.16. The van der Waals surface area contributed by atoms with E-state index in [1.807, 2.05) is 0 Å². The van der Waals surface area contributed by atoms with Crippen molar-refractivity contribution in [2.24, 2.45) is 5.73 Å². The zero-order chi connectivity index (χ0) is 11.3. The molecule has 3 N–H and O–H groups in total. The molecule has 0 atom stereocenters. The zero-order valence-electron chi connectivity index (χ0n) is 7.87. The molecule has 0 aliphatic carbocycles. The predicted molar refractivity (Wildman–Crippen MR) is 58.1 cm³/mol. The van der Waals surface area contributed by atoms with Crippen molar-refractivity contribution in [1.29, 1.82) is 0 Å². The SMILES string of the molecule is NC(=O)CCNC(=O)c1ccnc(Br)c1. The number of halogens is 1. The number of rotatable bonds is 4. The van der Waals surface area contributed by atoms with Gasteiger partial charge in [0.15, 0.2) is 0 Å². The summed E-state index contributed by atoms with van der Waals surface area (Å²) in [5.41, 5.74) is 5.42. The second kappa shape index (κ2) is 5.45. The van der Waals surface area contributed by atoms with Crippen molar-refractivity contribution in [3.63, 3.8) is 0 Å². The average molecular weight is 272 g/mol. The van der Waals surface area contributed by atoms with Crippen LogP contribution in [0.1, 0.15) is 16.8 Å². The van der Waals surface area contributed by atoms with Crippen LogP contribution in [0, 0.1) is 0 Å². The number of hydrogen-bond acceptors (Lipinski definition) is 3. The molecule has 0 spiro atoms. The molecule has 15 heavy (non-hydrogen) atoms. The van der Waals surface area contributed by atoms with E-state index in [1.54, 1.807) is 12.1 Å². The molecule has 0 aliphatic rings. The Balaban J connectivity index is 2.50. The third-order valence-corrected chi connectivity index (χ3v) is 2.08. The van der Waals surface area contributed by atoms with Gasteiger partial charge in [0, 0.05) is 24.7 Å². The molecule has 1 rings (SSSR count). The highest BCUT2D eigenvalue weighted by Crippen LogP contribution is 2.07. The minimum Gasteiger partial charge on any atom is -0.370 e. The second-order valence-electron chi connectivity index (χ2n) is 2.84. The fourth-order valence-corrected chi connectivity index (χ4v) is 1.31. The van der Waals surface area contributed by atoms with Gasteiger partial charge < -0.3 is 11.1 Å². The lowest BCUT2D eigenvalue weighted by molar-refractivity contribution is -0.117. The van der Waals surface area contributed by atoms with Crippen LogP contribution < -0.4 is 11.1 Å². The van der Waals surface area contributed by atoms with Crippen LogP contribution in [0.2, 0.25) is 0 Å². The number of nitrogens with one attached hydrogen (secondary N) is 1. The number of aromatic nitrogens is 1. The molecular weight excluding hydrogens is 262 g/mol. The summed E-state index contributed by atoms with van der Waals surface area (Å²) in [6, 6.07) is 3.18. The van der Waals surface area contributed by atoms with Crippen LogP contribution in [-0.4, -0.2) is 23.3 Å². The van der Waals surface area contributed by atoms with Gasteiger partial charge in [0.2, 0.25) is 5.91 Å². The molecule has 0 bridgehead atoms. The standard InChI is InChI=1S/C9H10BrN3O2/c10-7-5-6(1-3-12-7)9(15)13-4-2-8(11)14/h1,3,5H,2,4H2,(H2,11,14)(H,13,15). The molecule has 0 radical (unpaired) electrons. The summed E-state index contributed by atoms with van der Waals surface area (Å²) in [5.74, 6) is -0.689. The van der Waals surface area contributed by atoms with Gasteiger partial charge in [-0.15, -0.1) is 0 Å². The first-order valence-electron chi connectivity index (χ1n) is 4.27. The van der Waals surface area contributed by atoms with Gasteiger partial charge >= 0.3 is 0 Å². The van der Waals surface area contributed by atoms with Crippen molar-refractivity contribution in [2.75, 3.05) is 6.54 Å². The van der Waals surface area contributed by atoms with Crippen molar-refractivity contribution in [1.82, 2.24) is 10.3 Å². The van der Waals surface area contributed by atoms with E-state index in [0.29, 0.717) is 10.2 Å². The number of carbonyl (C=O) groups excluding carboxylic acids is 2. The number of hydrogen-bond donors (Lipinski definition) is 2. The van der Waals surface area contributed by atoms with Gasteiger partial charge in [0.05, 0.1) is 0 Å². The van der Waals surface area contributed by atoms with Gasteiger partial charge in [-0.05, 0) is 28.1 Å². The monoisotopic (exact) mass is 271 g/mol. The number of pyridine rings is 1. The Hall–Kier alpha value is -1.43. The third kappa shape index (κ3) is 4.07. The van der Waals surface area contributed by atoms with Crippen LogP contribution in [0.5, 0.6) is 0 Å². The zero-order valence-corrected chi connectivity index (χ0v) is 9.45. The summed E-state index contributed by atoms with van der Waals surface area (Å²) in [6.07, 6.45) is 1.66. The average Bonchev–Trinajstić information content (AvgIpc) is 2.17. The van der Waals surface area contributed by atoms with E-state index in [9.17, 15) is 9.59 Å². The molecular formula is C9H10BrN3O2. The van der Waals surface area contributed by atoms with Crippen LogP contribution in [0.25, 0.3) is 0 Å². The Labute approximate surface area is 95.2 Å². The molecule has 5 nitrogen and oxygen atoms in total. The van der Waals surface area contributed by atoms with Crippen LogP contribution in [0.3, 0.4) is 0 Å². The number of nitrogens with two attached hydrogens (primary N) is 1. The lowest BCUT2D eigenvalue weighted by Crippen LogP contribution is -2.27. The summed E-state index contributed by atoms with van der Waals surface area (Å²) < 4.78 is 0.588. The van der Waals surface area contributed by atoms with Crippen molar-refractivity contribution in [3.8, 4) is 0 Å². The van der Waals surface area contributed by atoms with E-state index in [1.165, 1.54) is 6.20 Å². The van der Waals surface area contributed by atoms with E-state index in [2.05, 4.69) is 26.2 Å². The van der Waals surface area contributed by atoms with E-state index < -0.39 is 5.91 Å². The number of amides is 2. The summed E-state index contributed by atoms with van der Waals surface area (Å²) in [7, 11) is 0. The maximum absolute atomic E-state index is 11.5. The molecule has 1 heterocycles. The highest BCUT2D eigenvalue weighted by atomic mass is 79.9. The van der Waals surface area contributed by atoms with Gasteiger partial charge in [-0.2, -0.15) is 0 Å². The molecule has 6 heteroatoms. The maximum atomic E-state index is 11.5.